The van der Waals surface area contributed by atoms with Gasteiger partial charge in [-0.3, -0.25) is 9.59 Å². The molecule has 1 N–H and O–H groups in total. The maximum Gasteiger partial charge on any atom is 0.416 e. The maximum atomic E-state index is 13.2. The fourth-order valence-corrected chi connectivity index (χ4v) is 6.24. The predicted molar refractivity (Wildman–Crippen MR) is 94.9 cm³/mol. The molecule has 1 aromatic carbocycles. The van der Waals surface area contributed by atoms with Gasteiger partial charge in [-0.1, -0.05) is 18.2 Å². The normalized spacial score (nSPS) is 33.6. The monoisotopic (exact) mass is 395 g/mol. The van der Waals surface area contributed by atoms with Gasteiger partial charge in [-0.15, -0.1) is 0 Å². The van der Waals surface area contributed by atoms with Crippen molar-refractivity contribution in [2.75, 3.05) is 0 Å². The number of carbonyl (C=O) groups excluding carboxylic acids is 2. The van der Waals surface area contributed by atoms with Crippen LogP contribution in [-0.2, 0) is 27.1 Å². The molecular formula is C21H24F3NO3. The number of nitrogens with one attached hydrogen (secondary N) is 1. The molecule has 1 amide bonds. The number of rotatable bonds is 4. The van der Waals surface area contributed by atoms with E-state index in [-0.39, 0.29) is 17.0 Å². The summed E-state index contributed by atoms with van der Waals surface area (Å²) in [4.78, 5) is 24.8. The summed E-state index contributed by atoms with van der Waals surface area (Å²) >= 11 is 0. The fraction of sp³-hybridized carbons (Fsp3) is 0.619. The lowest BCUT2D eigenvalue weighted by molar-refractivity contribution is -0.177. The number of benzene rings is 1. The molecule has 4 aliphatic rings. The van der Waals surface area contributed by atoms with Crippen LogP contribution in [0, 0.1) is 17.3 Å². The topological polar surface area (TPSA) is 55.4 Å². The quantitative estimate of drug-likeness (QED) is 0.777. The van der Waals surface area contributed by atoms with Crippen molar-refractivity contribution in [3.05, 3.63) is 35.4 Å². The van der Waals surface area contributed by atoms with Gasteiger partial charge < -0.3 is 10.1 Å². The Bertz CT molecular complexity index is 790. The van der Waals surface area contributed by atoms with Gasteiger partial charge in [-0.2, -0.15) is 13.2 Å². The van der Waals surface area contributed by atoms with Crippen LogP contribution in [0.5, 0.6) is 0 Å². The van der Waals surface area contributed by atoms with Crippen LogP contribution in [0.25, 0.3) is 0 Å². The molecule has 2 unspecified atom stereocenters. The number of alkyl halides is 3. The first-order valence-electron chi connectivity index (χ1n) is 9.72. The molecule has 7 heteroatoms. The summed E-state index contributed by atoms with van der Waals surface area (Å²) in [5.41, 5.74) is -1.88. The molecule has 4 nitrogen and oxygen atoms in total. The van der Waals surface area contributed by atoms with Gasteiger partial charge in [0.05, 0.1) is 11.0 Å². The highest BCUT2D eigenvalue weighted by Crippen LogP contribution is 2.62. The molecule has 152 valence electrons. The van der Waals surface area contributed by atoms with Crippen molar-refractivity contribution in [2.45, 2.75) is 63.8 Å². The minimum absolute atomic E-state index is 0.0374. The zero-order valence-electron chi connectivity index (χ0n) is 15.8. The van der Waals surface area contributed by atoms with Crippen LogP contribution in [-0.4, -0.2) is 17.4 Å². The van der Waals surface area contributed by atoms with Gasteiger partial charge in [0, 0.05) is 18.0 Å². The van der Waals surface area contributed by atoms with Crippen LogP contribution in [0.1, 0.15) is 56.6 Å². The Labute approximate surface area is 161 Å². The number of hydrogen-bond acceptors (Lipinski definition) is 3. The van der Waals surface area contributed by atoms with Crippen molar-refractivity contribution in [1.29, 1.82) is 0 Å². The SMILES string of the molecule is CC(=O)NC12CC3CC(C1)CC(C(=O)OCc1ccccc1C(F)(F)F)(C3)C2. The standard InChI is InChI=1S/C21H24F3NO3/c1-13(26)25-20-9-14-6-15(10-20)8-19(7-14,12-20)18(27)28-11-16-4-2-3-5-17(16)21(22,23)24/h2-5,14-15H,6-12H2,1H3,(H,25,26). The smallest absolute Gasteiger partial charge is 0.416 e. The lowest BCUT2D eigenvalue weighted by Gasteiger charge is -2.60. The highest BCUT2D eigenvalue weighted by molar-refractivity contribution is 5.79. The molecule has 4 bridgehead atoms. The van der Waals surface area contributed by atoms with E-state index in [4.69, 9.17) is 4.74 Å². The second-order valence-corrected chi connectivity index (χ2v) is 8.93. The number of esters is 1. The van der Waals surface area contributed by atoms with E-state index in [9.17, 15) is 22.8 Å². The van der Waals surface area contributed by atoms with Gasteiger partial charge in [0.25, 0.3) is 0 Å². The highest BCUT2D eigenvalue weighted by atomic mass is 19.4. The van der Waals surface area contributed by atoms with E-state index in [0.29, 0.717) is 31.1 Å². The second-order valence-electron chi connectivity index (χ2n) is 8.93. The molecule has 4 saturated carbocycles. The van der Waals surface area contributed by atoms with Crippen LogP contribution in [0.15, 0.2) is 24.3 Å². The number of halogens is 3. The predicted octanol–water partition coefficient (Wildman–Crippen LogP) is 4.22. The number of carbonyl (C=O) groups is 2. The molecule has 0 aliphatic heterocycles. The van der Waals surface area contributed by atoms with E-state index in [1.165, 1.54) is 25.1 Å². The van der Waals surface area contributed by atoms with Gasteiger partial charge in [-0.25, -0.2) is 0 Å². The minimum Gasteiger partial charge on any atom is -0.460 e. The third kappa shape index (κ3) is 3.40. The Morgan fingerprint density at radius 3 is 2.39 bits per heavy atom. The van der Waals surface area contributed by atoms with Crippen LogP contribution >= 0.6 is 0 Å². The van der Waals surface area contributed by atoms with Crippen LogP contribution in [0.4, 0.5) is 13.2 Å². The summed E-state index contributed by atoms with van der Waals surface area (Å²) in [5.74, 6) is 0.170. The average Bonchev–Trinajstić information content (AvgIpc) is 2.56. The molecule has 0 heterocycles. The maximum absolute atomic E-state index is 13.2. The van der Waals surface area contributed by atoms with Crippen molar-refractivity contribution in [1.82, 2.24) is 5.32 Å². The van der Waals surface area contributed by atoms with Crippen molar-refractivity contribution < 1.29 is 27.5 Å². The van der Waals surface area contributed by atoms with Gasteiger partial charge in [0.2, 0.25) is 5.91 Å². The minimum atomic E-state index is -4.49. The molecular weight excluding hydrogens is 371 g/mol. The molecule has 5 rings (SSSR count). The van der Waals surface area contributed by atoms with Gasteiger partial charge in [-0.05, 0) is 56.4 Å². The van der Waals surface area contributed by atoms with Crippen molar-refractivity contribution in [3.63, 3.8) is 0 Å². The summed E-state index contributed by atoms with van der Waals surface area (Å²) in [7, 11) is 0. The van der Waals surface area contributed by atoms with Gasteiger partial charge in [0.15, 0.2) is 0 Å². The van der Waals surface area contributed by atoms with E-state index in [1.54, 1.807) is 0 Å². The van der Waals surface area contributed by atoms with E-state index < -0.39 is 29.7 Å². The van der Waals surface area contributed by atoms with E-state index in [1.807, 2.05) is 0 Å². The van der Waals surface area contributed by atoms with E-state index >= 15 is 0 Å². The Kier molecular flexibility index (Phi) is 4.47. The lowest BCUT2D eigenvalue weighted by Crippen LogP contribution is -2.64. The zero-order valence-corrected chi connectivity index (χ0v) is 15.8. The zero-order chi connectivity index (χ0) is 20.2. The van der Waals surface area contributed by atoms with E-state index in [0.717, 1.165) is 25.3 Å². The molecule has 28 heavy (non-hydrogen) atoms. The summed E-state index contributed by atoms with van der Waals surface area (Å²) in [6.07, 6.45) is 0.220. The van der Waals surface area contributed by atoms with Crippen LogP contribution in [0.3, 0.4) is 0 Å². The first-order valence-corrected chi connectivity index (χ1v) is 9.72. The first kappa shape index (κ1) is 19.3. The highest BCUT2D eigenvalue weighted by Gasteiger charge is 2.61. The fourth-order valence-electron chi connectivity index (χ4n) is 6.24. The Morgan fingerprint density at radius 2 is 1.79 bits per heavy atom. The Hall–Kier alpha value is -2.05. The molecule has 2 atom stereocenters. The molecule has 0 saturated heterocycles. The van der Waals surface area contributed by atoms with Gasteiger partial charge in [0.1, 0.15) is 6.61 Å². The molecule has 0 aromatic heterocycles. The number of amides is 1. The van der Waals surface area contributed by atoms with Crippen LogP contribution < -0.4 is 5.32 Å². The molecule has 4 fully saturated rings. The Balaban J connectivity index is 1.52. The van der Waals surface area contributed by atoms with E-state index in [2.05, 4.69) is 5.32 Å². The largest absolute Gasteiger partial charge is 0.460 e. The molecule has 4 aliphatic carbocycles. The van der Waals surface area contributed by atoms with Crippen LogP contribution in [0.2, 0.25) is 0 Å². The molecule has 0 radical (unpaired) electrons. The summed E-state index contributed by atoms with van der Waals surface area (Å²) in [6.45, 7) is 1.09. The lowest BCUT2D eigenvalue weighted by atomic mass is 9.47. The summed E-state index contributed by atoms with van der Waals surface area (Å²) in [5, 5.41) is 3.07. The number of hydrogen-bond donors (Lipinski definition) is 1. The first-order chi connectivity index (χ1) is 13.1. The summed E-state index contributed by atoms with van der Waals surface area (Å²) < 4.78 is 45.0. The summed E-state index contributed by atoms with van der Waals surface area (Å²) in [6, 6.07) is 5.17. The third-order valence-electron chi connectivity index (χ3n) is 6.62. The average molecular weight is 395 g/mol. The van der Waals surface area contributed by atoms with Crippen molar-refractivity contribution in [2.24, 2.45) is 17.3 Å². The second kappa shape index (κ2) is 6.49. The Morgan fingerprint density at radius 1 is 1.14 bits per heavy atom. The third-order valence-corrected chi connectivity index (χ3v) is 6.62. The number of ether oxygens (including phenoxy) is 1. The molecule has 1 aromatic rings. The molecule has 0 spiro atoms. The van der Waals surface area contributed by atoms with Gasteiger partial charge >= 0.3 is 12.1 Å². The van der Waals surface area contributed by atoms with Crippen molar-refractivity contribution >= 4 is 11.9 Å². The van der Waals surface area contributed by atoms with Crippen molar-refractivity contribution in [3.8, 4) is 0 Å².